The molecule has 5 atom stereocenters. The molecule has 1 aromatic carbocycles. The molecule has 0 radical (unpaired) electrons. The van der Waals surface area contributed by atoms with E-state index in [0.717, 1.165) is 20.8 Å². The molecule has 270 valence electrons. The molecule has 50 heavy (non-hydrogen) atoms. The second-order valence-electron chi connectivity index (χ2n) is 14.8. The van der Waals surface area contributed by atoms with Gasteiger partial charge in [-0.15, -0.1) is 0 Å². The number of ether oxygens (including phenoxy) is 7. The largest absolute Gasteiger partial charge is 0.465 e. The molecule has 3 unspecified atom stereocenters. The van der Waals surface area contributed by atoms with Gasteiger partial charge in [0.1, 0.15) is 30.0 Å². The molecular formula is C37H44O13. The molecule has 13 heteroatoms. The van der Waals surface area contributed by atoms with Gasteiger partial charge in [-0.25, -0.2) is 0 Å². The number of Topliss-reactive ketones (excluding diaryl/α,β-unsaturated/α-hetero) is 2. The number of hydrogen-bond donors (Lipinski definition) is 0. The highest BCUT2D eigenvalue weighted by molar-refractivity contribution is 6.06. The zero-order chi connectivity index (χ0) is 36.7. The average molecular weight is 697 g/mol. The molecule has 4 aliphatic rings. The molecule has 0 spiro atoms. The number of hydrogen-bond acceptors (Lipinski definition) is 13. The molecule has 2 heterocycles. The Morgan fingerprint density at radius 3 is 1.64 bits per heavy atom. The number of carbonyl (C=O) groups excluding carboxylic acids is 6. The summed E-state index contributed by atoms with van der Waals surface area (Å²) in [6.07, 6.45) is -4.97. The second kappa shape index (κ2) is 14.0. The summed E-state index contributed by atoms with van der Waals surface area (Å²) in [6, 6.07) is 6.72. The highest BCUT2D eigenvalue weighted by Gasteiger charge is 2.54. The molecule has 2 aliphatic carbocycles. The van der Waals surface area contributed by atoms with Crippen molar-refractivity contribution in [2.45, 2.75) is 118 Å². The Hall–Kier alpha value is -4.52. The van der Waals surface area contributed by atoms with E-state index in [-0.39, 0.29) is 28.1 Å². The van der Waals surface area contributed by atoms with Gasteiger partial charge in [-0.2, -0.15) is 0 Å². The van der Waals surface area contributed by atoms with Crippen molar-refractivity contribution < 1.29 is 61.9 Å². The van der Waals surface area contributed by atoms with Crippen molar-refractivity contribution in [2.24, 2.45) is 10.8 Å². The van der Waals surface area contributed by atoms with E-state index in [4.69, 9.17) is 33.2 Å². The minimum atomic E-state index is -1.42. The van der Waals surface area contributed by atoms with E-state index in [1.807, 2.05) is 27.7 Å². The Kier molecular flexibility index (Phi) is 10.3. The summed E-state index contributed by atoms with van der Waals surface area (Å²) in [5, 5.41) is 0. The SMILES string of the molecule is CC(=O)OCC1O[C@@H](Oc2ccc(C3C4=C(CC(C)(C)CC4=O)OC4=C3C(=O)CC(C)(C)C4)cc2)C(OC(C)=O)C(OC(C)=O)[C@@H]1OC(C)=O. The van der Waals surface area contributed by atoms with Crippen molar-refractivity contribution in [1.82, 2.24) is 0 Å². The first-order chi connectivity index (χ1) is 23.3. The van der Waals surface area contributed by atoms with Crippen molar-refractivity contribution in [1.29, 1.82) is 0 Å². The molecule has 13 nitrogen and oxygen atoms in total. The highest BCUT2D eigenvalue weighted by atomic mass is 16.7. The summed E-state index contributed by atoms with van der Waals surface area (Å²) >= 11 is 0. The molecule has 0 saturated carbocycles. The Morgan fingerprint density at radius 1 is 0.680 bits per heavy atom. The lowest BCUT2D eigenvalue weighted by molar-refractivity contribution is -0.288. The fraction of sp³-hybridized carbons (Fsp3) is 0.568. The molecule has 0 N–H and O–H groups in total. The predicted molar refractivity (Wildman–Crippen MR) is 173 cm³/mol. The molecule has 2 aliphatic heterocycles. The summed E-state index contributed by atoms with van der Waals surface area (Å²) in [5.41, 5.74) is 1.07. The number of esters is 4. The number of rotatable bonds is 8. The van der Waals surface area contributed by atoms with Crippen molar-refractivity contribution in [3.8, 4) is 5.75 Å². The predicted octanol–water partition coefficient (Wildman–Crippen LogP) is 4.55. The minimum absolute atomic E-state index is 0.0664. The fourth-order valence-corrected chi connectivity index (χ4v) is 7.16. The Morgan fingerprint density at radius 2 is 1.16 bits per heavy atom. The molecule has 1 aromatic rings. The quantitative estimate of drug-likeness (QED) is 0.275. The van der Waals surface area contributed by atoms with Gasteiger partial charge < -0.3 is 33.2 Å². The minimum Gasteiger partial charge on any atom is -0.465 e. The van der Waals surface area contributed by atoms with Gasteiger partial charge in [0.05, 0.1) is 0 Å². The normalized spacial score (nSPS) is 27.3. The number of ketones is 2. The first-order valence-electron chi connectivity index (χ1n) is 16.6. The van der Waals surface area contributed by atoms with E-state index in [0.29, 0.717) is 53.9 Å². The van der Waals surface area contributed by atoms with Gasteiger partial charge in [0.2, 0.25) is 12.4 Å². The Labute approximate surface area is 290 Å². The molecular weight excluding hydrogens is 652 g/mol. The number of allylic oxidation sites excluding steroid dienone is 4. The summed E-state index contributed by atoms with van der Waals surface area (Å²) in [5.74, 6) is -2.24. The van der Waals surface area contributed by atoms with Crippen LogP contribution in [-0.4, -0.2) is 72.8 Å². The van der Waals surface area contributed by atoms with Crippen LogP contribution < -0.4 is 4.74 Å². The van der Waals surface area contributed by atoms with Crippen LogP contribution in [0.3, 0.4) is 0 Å². The van der Waals surface area contributed by atoms with E-state index in [9.17, 15) is 28.8 Å². The van der Waals surface area contributed by atoms with Crippen LogP contribution in [-0.2, 0) is 57.2 Å². The van der Waals surface area contributed by atoms with Gasteiger partial charge in [0, 0.05) is 70.4 Å². The first kappa shape index (κ1) is 36.8. The van der Waals surface area contributed by atoms with Crippen LogP contribution >= 0.6 is 0 Å². The van der Waals surface area contributed by atoms with Crippen molar-refractivity contribution in [2.75, 3.05) is 6.61 Å². The highest BCUT2D eigenvalue weighted by Crippen LogP contribution is 2.53. The van der Waals surface area contributed by atoms with Crippen molar-refractivity contribution in [3.05, 3.63) is 52.5 Å². The van der Waals surface area contributed by atoms with Gasteiger partial charge in [-0.1, -0.05) is 39.8 Å². The van der Waals surface area contributed by atoms with Crippen LogP contribution in [0.15, 0.2) is 46.9 Å². The third-order valence-electron chi connectivity index (χ3n) is 9.00. The van der Waals surface area contributed by atoms with Crippen LogP contribution in [0, 0.1) is 10.8 Å². The molecule has 0 aromatic heterocycles. The monoisotopic (exact) mass is 696 g/mol. The lowest BCUT2D eigenvalue weighted by Crippen LogP contribution is -2.63. The summed E-state index contributed by atoms with van der Waals surface area (Å²) in [7, 11) is 0. The van der Waals surface area contributed by atoms with Crippen LogP contribution in [0.4, 0.5) is 0 Å². The van der Waals surface area contributed by atoms with Gasteiger partial charge in [-0.05, 0) is 28.5 Å². The van der Waals surface area contributed by atoms with Gasteiger partial charge in [-0.3, -0.25) is 28.8 Å². The Bertz CT molecular complexity index is 1590. The maximum Gasteiger partial charge on any atom is 0.303 e. The first-order valence-corrected chi connectivity index (χ1v) is 16.6. The van der Waals surface area contributed by atoms with E-state index in [1.165, 1.54) is 6.92 Å². The van der Waals surface area contributed by atoms with Crippen LogP contribution in [0.2, 0.25) is 0 Å². The fourth-order valence-electron chi connectivity index (χ4n) is 7.16. The third kappa shape index (κ3) is 8.09. The smallest absolute Gasteiger partial charge is 0.303 e. The van der Waals surface area contributed by atoms with E-state index in [2.05, 4.69) is 0 Å². The molecule has 0 amide bonds. The second-order valence-corrected chi connectivity index (χ2v) is 14.8. The zero-order valence-electron chi connectivity index (χ0n) is 29.6. The van der Waals surface area contributed by atoms with E-state index < -0.39 is 67.1 Å². The Balaban J connectivity index is 1.50. The van der Waals surface area contributed by atoms with Crippen LogP contribution in [0.5, 0.6) is 5.75 Å². The van der Waals surface area contributed by atoms with E-state index >= 15 is 0 Å². The molecule has 1 fully saturated rings. The van der Waals surface area contributed by atoms with Gasteiger partial charge in [0.15, 0.2) is 23.8 Å². The maximum absolute atomic E-state index is 13.7. The molecule has 1 saturated heterocycles. The van der Waals surface area contributed by atoms with Gasteiger partial charge in [0.25, 0.3) is 0 Å². The average Bonchev–Trinajstić information content (AvgIpc) is 2.96. The van der Waals surface area contributed by atoms with Crippen LogP contribution in [0.25, 0.3) is 0 Å². The topological polar surface area (TPSA) is 167 Å². The summed E-state index contributed by atoms with van der Waals surface area (Å²) in [6.45, 7) is 12.3. The number of carbonyl (C=O) groups is 6. The zero-order valence-corrected chi connectivity index (χ0v) is 29.6. The molecule has 5 rings (SSSR count). The van der Waals surface area contributed by atoms with E-state index in [1.54, 1.807) is 24.3 Å². The molecule has 0 bridgehead atoms. The maximum atomic E-state index is 13.7. The van der Waals surface area contributed by atoms with Crippen LogP contribution in [0.1, 0.15) is 92.6 Å². The van der Waals surface area contributed by atoms with Crippen molar-refractivity contribution >= 4 is 35.4 Å². The number of benzene rings is 1. The summed E-state index contributed by atoms with van der Waals surface area (Å²) < 4.78 is 40.2. The lowest BCUT2D eigenvalue weighted by Gasteiger charge is -2.44. The lowest BCUT2D eigenvalue weighted by atomic mass is 9.65. The third-order valence-corrected chi connectivity index (χ3v) is 9.00. The van der Waals surface area contributed by atoms with Gasteiger partial charge >= 0.3 is 23.9 Å². The van der Waals surface area contributed by atoms with Crippen molar-refractivity contribution in [3.63, 3.8) is 0 Å². The summed E-state index contributed by atoms with van der Waals surface area (Å²) in [4.78, 5) is 75.5. The standard InChI is InChI=1S/C37H44O13/c1-18(38)44-17-28-32(45-19(2)39)33(46-20(3)40)34(47-21(4)41)35(50-28)48-23-11-9-22(10-12-23)29-30-24(42)13-36(5,6)15-26(30)49-27-16-37(7,8)14-25(43)31(27)29/h9-12,28-29,32-35H,13-17H2,1-8H3/t28?,32-,33?,34?,35-/m1/s1.